The average molecular weight is 999 g/mol. The molecular formula is C56H62N4O13. The molecular weight excluding hydrogens is 937 g/mol. The molecule has 1 saturated carbocycles. The maximum absolute atomic E-state index is 14.6. The number of non-ortho nitro benzene ring substituents is 1. The Labute approximate surface area is 424 Å². The number of carbonyl (C=O) groups excluding carboxylic acids is 2. The van der Waals surface area contributed by atoms with Crippen molar-refractivity contribution < 1.29 is 58.0 Å². The largest absolute Gasteiger partial charge is 0.497 e. The zero-order chi connectivity index (χ0) is 51.5. The number of carbonyl (C=O) groups is 2. The number of fused-ring (bicyclic) bond motifs is 3. The van der Waals surface area contributed by atoms with Crippen LogP contribution in [0.25, 0.3) is 10.8 Å². The number of hydrogen-bond donors (Lipinski definition) is 3. The van der Waals surface area contributed by atoms with Crippen LogP contribution in [-0.2, 0) is 27.5 Å². The fourth-order valence-corrected chi connectivity index (χ4v) is 10.8. The van der Waals surface area contributed by atoms with Crippen LogP contribution in [0.15, 0.2) is 133 Å². The van der Waals surface area contributed by atoms with E-state index in [1.54, 1.807) is 53.4 Å². The van der Waals surface area contributed by atoms with E-state index in [1.165, 1.54) is 33.5 Å². The first-order chi connectivity index (χ1) is 35.6. The predicted molar refractivity (Wildman–Crippen MR) is 274 cm³/mol. The molecule has 0 aromatic heterocycles. The minimum atomic E-state index is -1.62. The van der Waals surface area contributed by atoms with Gasteiger partial charge in [-0.05, 0) is 107 Å². The number of amides is 2. The molecule has 6 atom stereocenters. The number of nitro benzene ring substituents is 1. The van der Waals surface area contributed by atoms with E-state index < -0.39 is 40.8 Å². The maximum atomic E-state index is 14.6. The first-order valence-electron chi connectivity index (χ1n) is 24.5. The number of aliphatic hydroxyl groups is 2. The molecule has 0 radical (unpaired) electrons. The van der Waals surface area contributed by atoms with E-state index >= 15 is 0 Å². The van der Waals surface area contributed by atoms with Crippen molar-refractivity contribution >= 4 is 40.0 Å². The Morgan fingerprint density at radius 3 is 2.40 bits per heavy atom. The second kappa shape index (κ2) is 23.8. The Balaban J connectivity index is 1.30. The summed E-state index contributed by atoms with van der Waals surface area (Å²) in [4.78, 5) is 47.2. The molecule has 73 heavy (non-hydrogen) atoms. The molecule has 2 amide bonds. The van der Waals surface area contributed by atoms with E-state index in [0.717, 1.165) is 27.5 Å². The van der Waals surface area contributed by atoms with Crippen LogP contribution in [0, 0.1) is 27.9 Å². The Morgan fingerprint density at radius 2 is 1.67 bits per heavy atom. The summed E-state index contributed by atoms with van der Waals surface area (Å²) < 4.78 is 37.0. The third-order valence-electron chi connectivity index (χ3n) is 14.1. The van der Waals surface area contributed by atoms with E-state index in [0.29, 0.717) is 72.7 Å². The van der Waals surface area contributed by atoms with Crippen molar-refractivity contribution in [1.29, 1.82) is 0 Å². The molecule has 8 rings (SSSR count). The van der Waals surface area contributed by atoms with Crippen molar-refractivity contribution in [3.05, 3.63) is 154 Å². The van der Waals surface area contributed by atoms with Crippen LogP contribution >= 0.6 is 0 Å². The Morgan fingerprint density at radius 1 is 0.918 bits per heavy atom. The molecule has 3 N–H and O–H groups in total. The van der Waals surface area contributed by atoms with Gasteiger partial charge in [-0.25, -0.2) is 9.59 Å². The number of anilines is 1. The van der Waals surface area contributed by atoms with Gasteiger partial charge in [0.15, 0.2) is 0 Å². The van der Waals surface area contributed by atoms with Crippen LogP contribution in [0.1, 0.15) is 67.6 Å². The number of aliphatic hydroxyl groups excluding tert-OH is 2. The lowest BCUT2D eigenvalue weighted by atomic mass is 9.55. The number of methoxy groups -OCH3 is 3. The van der Waals surface area contributed by atoms with Crippen molar-refractivity contribution in [1.82, 2.24) is 4.90 Å². The van der Waals surface area contributed by atoms with E-state index in [-0.39, 0.29) is 62.7 Å². The quantitative estimate of drug-likeness (QED) is 0.0255. The second-order valence-electron chi connectivity index (χ2n) is 18.3. The van der Waals surface area contributed by atoms with Gasteiger partial charge in [0, 0.05) is 49.3 Å². The van der Waals surface area contributed by atoms with Gasteiger partial charge in [0.2, 0.25) is 5.79 Å². The normalized spacial score (nSPS) is 21.1. The van der Waals surface area contributed by atoms with Gasteiger partial charge in [-0.1, -0.05) is 72.6 Å². The molecule has 0 saturated heterocycles. The molecule has 384 valence electrons. The highest BCUT2D eigenvalue weighted by Crippen LogP contribution is 2.62. The lowest BCUT2D eigenvalue weighted by Crippen LogP contribution is -2.70. The van der Waals surface area contributed by atoms with Gasteiger partial charge in [-0.2, -0.15) is 0 Å². The van der Waals surface area contributed by atoms with E-state index in [4.69, 9.17) is 38.4 Å². The first kappa shape index (κ1) is 51.9. The summed E-state index contributed by atoms with van der Waals surface area (Å²) in [6, 6.07) is 29.2. The van der Waals surface area contributed by atoms with Gasteiger partial charge >= 0.3 is 12.2 Å². The number of allylic oxidation sites excluding steroid dienone is 1. The average Bonchev–Trinajstić information content (AvgIpc) is 3.40. The minimum absolute atomic E-state index is 0.00246. The third kappa shape index (κ3) is 11.3. The molecule has 2 aliphatic carbocycles. The van der Waals surface area contributed by atoms with E-state index in [1.807, 2.05) is 48.5 Å². The van der Waals surface area contributed by atoms with E-state index in [9.17, 15) is 29.9 Å². The van der Waals surface area contributed by atoms with Gasteiger partial charge in [-0.3, -0.25) is 20.3 Å². The number of unbranched alkanes of at least 4 members (excludes halogenated alkanes) is 2. The number of nitrogens with one attached hydrogen (secondary N) is 1. The smallest absolute Gasteiger partial charge is 0.417 e. The number of rotatable bonds is 22. The van der Waals surface area contributed by atoms with Crippen molar-refractivity contribution in [2.24, 2.45) is 22.9 Å². The summed E-state index contributed by atoms with van der Waals surface area (Å²) in [5.74, 6) is -1.39. The second-order valence-corrected chi connectivity index (χ2v) is 18.3. The fraction of sp³-hybridized carbons (Fsp3) is 0.375. The predicted octanol–water partition coefficient (Wildman–Crippen LogP) is 10.5. The molecule has 0 bridgehead atoms. The molecule has 0 unspecified atom stereocenters. The summed E-state index contributed by atoms with van der Waals surface area (Å²) in [6.07, 6.45) is 6.43. The Kier molecular flexibility index (Phi) is 16.9. The number of hydrogen-bond acceptors (Lipinski definition) is 14. The molecule has 17 heteroatoms. The monoisotopic (exact) mass is 998 g/mol. The maximum Gasteiger partial charge on any atom is 0.417 e. The van der Waals surface area contributed by atoms with Crippen molar-refractivity contribution in [3.63, 3.8) is 0 Å². The van der Waals surface area contributed by atoms with Crippen molar-refractivity contribution in [2.45, 2.75) is 75.8 Å². The fourth-order valence-electron chi connectivity index (χ4n) is 10.8. The molecule has 0 spiro atoms. The van der Waals surface area contributed by atoms with Gasteiger partial charge in [0.1, 0.15) is 35.6 Å². The van der Waals surface area contributed by atoms with Crippen LogP contribution in [0.3, 0.4) is 0 Å². The standard InChI is InChI=1S/C56H62N4O13/c1-5-29-70-56-51(59(55(64)69-4)34-39-16-12-15-37-13-6-7-17-43(37)39)33-48(58-71-35-36-19-21-40(22-20-36)60(65)66)45-30-38(14-8-10-27-61)44(18-9-11-28-62)52(53(45)56)46-31-42(24-26-49(46)73-56)72-54(63)57-47-25-23-41(67-2)32-50(47)68-3/h5-7,12-13,15-17,19-26,30-32,38,44,51-53,61-62H,1,8-11,14,18,27-29,33-35H2,2-4H3,(H,57,63)/t38-,44+,51-,52+,53+,56+/m0/s1. The summed E-state index contributed by atoms with van der Waals surface area (Å²) >= 11 is 0. The third-order valence-corrected chi connectivity index (χ3v) is 14.1. The topological polar surface area (TPSA) is 210 Å². The molecule has 1 heterocycles. The molecule has 1 aliphatic heterocycles. The number of ether oxygens (including phenoxy) is 6. The summed E-state index contributed by atoms with van der Waals surface area (Å²) in [6.45, 7) is 4.16. The Bertz CT molecular complexity index is 2830. The van der Waals surface area contributed by atoms with Crippen molar-refractivity contribution in [3.8, 4) is 23.0 Å². The van der Waals surface area contributed by atoms with Crippen LogP contribution in [0.4, 0.5) is 21.0 Å². The van der Waals surface area contributed by atoms with Gasteiger partial charge < -0.3 is 43.5 Å². The van der Waals surface area contributed by atoms with Gasteiger partial charge in [0.05, 0.1) is 56.7 Å². The molecule has 1 fully saturated rings. The van der Waals surface area contributed by atoms with Crippen molar-refractivity contribution in [2.75, 3.05) is 46.5 Å². The van der Waals surface area contributed by atoms with Crippen LogP contribution in [-0.4, -0.2) is 90.9 Å². The highest BCUT2D eigenvalue weighted by molar-refractivity contribution is 6.03. The molecule has 3 aliphatic rings. The molecule has 5 aromatic carbocycles. The molecule has 5 aromatic rings. The van der Waals surface area contributed by atoms with Crippen LogP contribution in [0.2, 0.25) is 0 Å². The number of benzene rings is 5. The Hall–Kier alpha value is -7.47. The van der Waals surface area contributed by atoms with Gasteiger partial charge in [0.25, 0.3) is 5.69 Å². The SMILES string of the molecule is C=CCO[C@@]12Oc3ccc(OC(=O)Nc4ccc(OC)cc4OC)cc3[C@H]3[C@H](CCCCO)[C@@H](CCCCO)C=C(C(=NOCc4ccc([N+](=O)[O-])cc4)C[C@@H]1N(Cc1cccc4ccccc14)C(=O)OC)[C@H]32. The highest BCUT2D eigenvalue weighted by atomic mass is 16.7. The first-order valence-corrected chi connectivity index (χ1v) is 24.5. The molecule has 17 nitrogen and oxygen atoms in total. The lowest BCUT2D eigenvalue weighted by molar-refractivity contribution is -0.384. The number of oxime groups is 1. The number of nitro groups is 1. The summed E-state index contributed by atoms with van der Waals surface area (Å²) in [7, 11) is 4.36. The zero-order valence-electron chi connectivity index (χ0n) is 41.3. The highest BCUT2D eigenvalue weighted by Gasteiger charge is 2.65. The van der Waals surface area contributed by atoms with Gasteiger partial charge in [-0.15, -0.1) is 6.58 Å². The zero-order valence-corrected chi connectivity index (χ0v) is 41.3. The van der Waals surface area contributed by atoms with Crippen LogP contribution in [0.5, 0.6) is 23.0 Å². The van der Waals surface area contributed by atoms with E-state index in [2.05, 4.69) is 18.0 Å². The minimum Gasteiger partial charge on any atom is -0.497 e. The number of nitrogens with zero attached hydrogens (tertiary/aromatic N) is 3. The van der Waals surface area contributed by atoms with Crippen LogP contribution < -0.4 is 24.3 Å². The summed E-state index contributed by atoms with van der Waals surface area (Å²) in [5, 5.41) is 41.2. The summed E-state index contributed by atoms with van der Waals surface area (Å²) in [5.41, 5.74) is 3.84. The lowest BCUT2D eigenvalue weighted by Gasteiger charge is -2.59.